The molecule has 30 heavy (non-hydrogen) atoms. The van der Waals surface area contributed by atoms with Crippen LogP contribution in [0.15, 0.2) is 47.6 Å². The fourth-order valence-electron chi connectivity index (χ4n) is 6.25. The van der Waals surface area contributed by atoms with Gasteiger partial charge in [0.2, 0.25) is 0 Å². The van der Waals surface area contributed by atoms with Crippen LogP contribution in [0.25, 0.3) is 0 Å². The lowest BCUT2D eigenvalue weighted by Gasteiger charge is -2.44. The first-order valence-corrected chi connectivity index (χ1v) is 12.2. The maximum atomic E-state index is 10.3. The third kappa shape index (κ3) is 5.02. The van der Waals surface area contributed by atoms with Crippen molar-refractivity contribution in [2.45, 2.75) is 97.7 Å². The van der Waals surface area contributed by atoms with E-state index < -0.39 is 5.60 Å². The summed E-state index contributed by atoms with van der Waals surface area (Å²) in [5, 5.41) is 20.3. The SMILES string of the molecule is C=C1CC[C@@H](O)C/C1=C\C=C1/CCC[C@]2(C)[C@@H]([C@H](C)C=C[C@H](C)C(C)(C)O)CC[C@@H]12. The standard InChI is InChI=1S/C28H44O2/c1-19-10-14-24(29)18-23(19)13-12-22-8-7-17-28(6)25(15-16-26(22)28)20(2)9-11-21(3)27(4,5)30/h9,11-13,20-21,24-26,29-30H,1,7-8,10,14-18H2,2-6H3/b11-9?,22-12+,23-13+/t20-,21+,24-,25-,26+,28-/m1/s1. The highest BCUT2D eigenvalue weighted by molar-refractivity contribution is 5.36. The summed E-state index contributed by atoms with van der Waals surface area (Å²) in [6, 6.07) is 0. The molecule has 2 heteroatoms. The van der Waals surface area contributed by atoms with Gasteiger partial charge in [-0.3, -0.25) is 0 Å². The molecule has 0 bridgehead atoms. The van der Waals surface area contributed by atoms with Gasteiger partial charge in [0.1, 0.15) is 0 Å². The molecule has 0 aliphatic heterocycles. The second-order valence-electron chi connectivity index (χ2n) is 11.2. The number of allylic oxidation sites excluding steroid dienone is 5. The summed E-state index contributed by atoms with van der Waals surface area (Å²) < 4.78 is 0. The maximum Gasteiger partial charge on any atom is 0.0651 e. The smallest absolute Gasteiger partial charge is 0.0651 e. The molecule has 0 aromatic rings. The van der Waals surface area contributed by atoms with Crippen molar-refractivity contribution in [2.75, 3.05) is 0 Å². The van der Waals surface area contributed by atoms with Crippen LogP contribution in [0.3, 0.4) is 0 Å². The Kier molecular flexibility index (Phi) is 7.19. The van der Waals surface area contributed by atoms with Crippen molar-refractivity contribution in [1.82, 2.24) is 0 Å². The molecule has 3 aliphatic carbocycles. The summed E-state index contributed by atoms with van der Waals surface area (Å²) in [6.07, 6.45) is 18.0. The van der Waals surface area contributed by atoms with E-state index in [1.807, 2.05) is 13.8 Å². The van der Waals surface area contributed by atoms with Gasteiger partial charge in [-0.1, -0.05) is 62.8 Å². The minimum Gasteiger partial charge on any atom is -0.393 e. The van der Waals surface area contributed by atoms with Gasteiger partial charge in [-0.05, 0) is 94.0 Å². The lowest BCUT2D eigenvalue weighted by Crippen LogP contribution is -2.35. The Bertz CT molecular complexity index is 719. The van der Waals surface area contributed by atoms with E-state index >= 15 is 0 Å². The summed E-state index contributed by atoms with van der Waals surface area (Å²) in [4.78, 5) is 0. The van der Waals surface area contributed by atoms with E-state index in [0.717, 1.165) is 19.3 Å². The van der Waals surface area contributed by atoms with Crippen molar-refractivity contribution in [3.63, 3.8) is 0 Å². The van der Waals surface area contributed by atoms with Crippen LogP contribution in [-0.4, -0.2) is 21.9 Å². The zero-order valence-electron chi connectivity index (χ0n) is 20.0. The summed E-state index contributed by atoms with van der Waals surface area (Å²) in [5.74, 6) is 2.08. The highest BCUT2D eigenvalue weighted by atomic mass is 16.3. The minimum atomic E-state index is -0.663. The highest BCUT2D eigenvalue weighted by Crippen LogP contribution is 2.59. The molecule has 0 radical (unpaired) electrons. The van der Waals surface area contributed by atoms with E-state index in [1.54, 1.807) is 5.57 Å². The van der Waals surface area contributed by atoms with E-state index in [1.165, 1.54) is 43.3 Å². The maximum absolute atomic E-state index is 10.3. The number of hydrogen-bond donors (Lipinski definition) is 2. The van der Waals surface area contributed by atoms with E-state index in [2.05, 4.69) is 51.7 Å². The first-order valence-electron chi connectivity index (χ1n) is 12.2. The Morgan fingerprint density at radius 1 is 1.10 bits per heavy atom. The summed E-state index contributed by atoms with van der Waals surface area (Å²) in [7, 11) is 0. The van der Waals surface area contributed by atoms with Gasteiger partial charge in [-0.2, -0.15) is 0 Å². The van der Waals surface area contributed by atoms with E-state index in [0.29, 0.717) is 23.2 Å². The van der Waals surface area contributed by atoms with E-state index in [-0.39, 0.29) is 12.0 Å². The Balaban J connectivity index is 1.75. The third-order valence-corrected chi connectivity index (χ3v) is 8.68. The van der Waals surface area contributed by atoms with Crippen molar-refractivity contribution in [3.05, 3.63) is 47.6 Å². The van der Waals surface area contributed by atoms with Crippen molar-refractivity contribution >= 4 is 0 Å². The van der Waals surface area contributed by atoms with Crippen molar-refractivity contribution in [1.29, 1.82) is 0 Å². The number of rotatable bonds is 5. The number of hydrogen-bond acceptors (Lipinski definition) is 2. The molecular weight excluding hydrogens is 368 g/mol. The fraction of sp³-hybridized carbons (Fsp3) is 0.714. The Morgan fingerprint density at radius 3 is 2.53 bits per heavy atom. The molecule has 0 saturated heterocycles. The molecule has 3 rings (SSSR count). The molecule has 0 unspecified atom stereocenters. The van der Waals surface area contributed by atoms with Crippen molar-refractivity contribution < 1.29 is 10.2 Å². The van der Waals surface area contributed by atoms with Crippen LogP contribution >= 0.6 is 0 Å². The first-order chi connectivity index (χ1) is 14.0. The molecular formula is C28H44O2. The average molecular weight is 413 g/mol. The number of aliphatic hydroxyl groups excluding tert-OH is 1. The zero-order chi connectivity index (χ0) is 22.1. The second-order valence-corrected chi connectivity index (χ2v) is 11.2. The number of fused-ring (bicyclic) bond motifs is 1. The fourth-order valence-corrected chi connectivity index (χ4v) is 6.25. The van der Waals surface area contributed by atoms with E-state index in [9.17, 15) is 10.2 Å². The lowest BCUT2D eigenvalue weighted by molar-refractivity contribution is 0.0436. The Labute approximate surface area is 184 Å². The highest BCUT2D eigenvalue weighted by Gasteiger charge is 2.50. The molecule has 2 nitrogen and oxygen atoms in total. The van der Waals surface area contributed by atoms with Gasteiger partial charge >= 0.3 is 0 Å². The second kappa shape index (κ2) is 9.17. The average Bonchev–Trinajstić information content (AvgIpc) is 3.03. The van der Waals surface area contributed by atoms with E-state index in [4.69, 9.17) is 0 Å². The van der Waals surface area contributed by atoms with Gasteiger partial charge in [-0.15, -0.1) is 0 Å². The van der Waals surface area contributed by atoms with Crippen LogP contribution < -0.4 is 0 Å². The Morgan fingerprint density at radius 2 is 1.83 bits per heavy atom. The molecule has 168 valence electrons. The molecule has 6 atom stereocenters. The third-order valence-electron chi connectivity index (χ3n) is 8.68. The summed E-state index contributed by atoms with van der Waals surface area (Å²) in [5.41, 5.74) is 3.78. The topological polar surface area (TPSA) is 40.5 Å². The van der Waals surface area contributed by atoms with Gasteiger partial charge in [-0.25, -0.2) is 0 Å². The normalized spacial score (nSPS) is 37.7. The Hall–Kier alpha value is -1.12. The molecule has 0 spiro atoms. The predicted molar refractivity (Wildman–Crippen MR) is 127 cm³/mol. The van der Waals surface area contributed by atoms with Gasteiger partial charge in [0, 0.05) is 5.92 Å². The monoisotopic (exact) mass is 412 g/mol. The molecule has 0 heterocycles. The first kappa shape index (κ1) is 23.5. The van der Waals surface area contributed by atoms with Crippen LogP contribution in [-0.2, 0) is 0 Å². The van der Waals surface area contributed by atoms with Crippen molar-refractivity contribution in [2.24, 2.45) is 29.1 Å². The molecule has 0 aromatic carbocycles. The molecule has 3 aliphatic rings. The molecule has 3 saturated carbocycles. The lowest BCUT2D eigenvalue weighted by atomic mass is 9.61. The van der Waals surface area contributed by atoms with Crippen LogP contribution in [0.2, 0.25) is 0 Å². The van der Waals surface area contributed by atoms with Crippen LogP contribution in [0.1, 0.15) is 86.0 Å². The van der Waals surface area contributed by atoms with Crippen LogP contribution in [0, 0.1) is 29.1 Å². The van der Waals surface area contributed by atoms with Gasteiger partial charge in [0.15, 0.2) is 0 Å². The molecule has 0 amide bonds. The number of aliphatic hydroxyl groups is 2. The summed E-state index contributed by atoms with van der Waals surface area (Å²) >= 11 is 0. The molecule has 3 fully saturated rings. The van der Waals surface area contributed by atoms with Crippen molar-refractivity contribution in [3.8, 4) is 0 Å². The van der Waals surface area contributed by atoms with Gasteiger partial charge in [0.05, 0.1) is 11.7 Å². The van der Waals surface area contributed by atoms with Gasteiger partial charge < -0.3 is 10.2 Å². The van der Waals surface area contributed by atoms with Crippen LogP contribution in [0.5, 0.6) is 0 Å². The largest absolute Gasteiger partial charge is 0.393 e. The molecule has 0 aromatic heterocycles. The quantitative estimate of drug-likeness (QED) is 0.490. The summed E-state index contributed by atoms with van der Waals surface area (Å²) in [6.45, 7) is 15.0. The van der Waals surface area contributed by atoms with Crippen LogP contribution in [0.4, 0.5) is 0 Å². The zero-order valence-corrected chi connectivity index (χ0v) is 20.0. The predicted octanol–water partition coefficient (Wildman–Crippen LogP) is 6.76. The molecule has 2 N–H and O–H groups in total. The minimum absolute atomic E-state index is 0.164. The van der Waals surface area contributed by atoms with Gasteiger partial charge in [0.25, 0.3) is 0 Å².